The topological polar surface area (TPSA) is 83.8 Å². The second-order valence-electron chi connectivity index (χ2n) is 4.16. The third kappa shape index (κ3) is 1.85. The number of carbonyl (C=O) groups is 3. The molecule has 0 atom stereocenters. The molecule has 1 fully saturated rings. The van der Waals surface area contributed by atoms with E-state index in [1.807, 2.05) is 0 Å². The zero-order valence-corrected chi connectivity index (χ0v) is 9.87. The summed E-state index contributed by atoms with van der Waals surface area (Å²) in [6.45, 7) is 0.299. The summed E-state index contributed by atoms with van der Waals surface area (Å²) in [7, 11) is 0. The van der Waals surface area contributed by atoms with Crippen molar-refractivity contribution in [2.75, 3.05) is 11.4 Å². The van der Waals surface area contributed by atoms with Crippen LogP contribution in [0, 0.1) is 0 Å². The third-order valence-electron chi connectivity index (χ3n) is 2.95. The Hall–Kier alpha value is -2.70. The summed E-state index contributed by atoms with van der Waals surface area (Å²) in [6.07, 6.45) is 4.22. The molecule has 0 spiro atoms. The number of aromatic nitrogens is 2. The van der Waals surface area contributed by atoms with Crippen LogP contribution in [0.5, 0.6) is 0 Å². The van der Waals surface area contributed by atoms with Crippen molar-refractivity contribution in [3.05, 3.63) is 30.2 Å². The minimum Gasteiger partial charge on any atom is -0.305 e. The fourth-order valence-corrected chi connectivity index (χ4v) is 2.08. The zero-order valence-electron chi connectivity index (χ0n) is 9.87. The lowest BCUT2D eigenvalue weighted by atomic mass is 10.2. The fraction of sp³-hybridized carbons (Fsp3) is 0.167. The number of imide groups is 1. The van der Waals surface area contributed by atoms with Crippen LogP contribution in [0.25, 0.3) is 5.65 Å². The summed E-state index contributed by atoms with van der Waals surface area (Å²) in [4.78, 5) is 39.3. The Morgan fingerprint density at radius 3 is 2.95 bits per heavy atom. The second-order valence-corrected chi connectivity index (χ2v) is 4.16. The number of imidazole rings is 1. The van der Waals surface area contributed by atoms with Crippen LogP contribution in [0.2, 0.25) is 0 Å². The van der Waals surface area contributed by atoms with Gasteiger partial charge in [0.25, 0.3) is 0 Å². The number of aldehydes is 1. The molecule has 19 heavy (non-hydrogen) atoms. The predicted octanol–water partition coefficient (Wildman–Crippen LogP) is 0.593. The largest absolute Gasteiger partial charge is 0.328 e. The van der Waals surface area contributed by atoms with E-state index in [-0.39, 0.29) is 12.3 Å². The molecular formula is C12H10N4O3. The Balaban J connectivity index is 2.09. The molecule has 0 aliphatic carbocycles. The van der Waals surface area contributed by atoms with Crippen LogP contribution in [-0.4, -0.2) is 34.2 Å². The Kier molecular flexibility index (Phi) is 2.52. The molecule has 0 saturated carbocycles. The predicted molar refractivity (Wildman–Crippen MR) is 66.1 cm³/mol. The van der Waals surface area contributed by atoms with E-state index >= 15 is 0 Å². The van der Waals surface area contributed by atoms with Gasteiger partial charge in [-0.2, -0.15) is 0 Å². The normalized spacial score (nSPS) is 15.7. The van der Waals surface area contributed by atoms with Gasteiger partial charge < -0.3 is 4.40 Å². The van der Waals surface area contributed by atoms with Crippen LogP contribution >= 0.6 is 0 Å². The van der Waals surface area contributed by atoms with E-state index in [0.717, 1.165) is 0 Å². The zero-order chi connectivity index (χ0) is 13.4. The van der Waals surface area contributed by atoms with Gasteiger partial charge in [0, 0.05) is 25.4 Å². The van der Waals surface area contributed by atoms with Crippen LogP contribution in [0.3, 0.4) is 0 Å². The summed E-state index contributed by atoms with van der Waals surface area (Å²) in [5.41, 5.74) is 1.37. The van der Waals surface area contributed by atoms with E-state index < -0.39 is 6.03 Å². The van der Waals surface area contributed by atoms with Gasteiger partial charge in [-0.05, 0) is 12.1 Å². The van der Waals surface area contributed by atoms with E-state index in [1.54, 1.807) is 28.9 Å². The van der Waals surface area contributed by atoms with Crippen molar-refractivity contribution >= 4 is 29.6 Å². The summed E-state index contributed by atoms with van der Waals surface area (Å²) < 4.78 is 1.67. The molecule has 0 bridgehead atoms. The fourth-order valence-electron chi connectivity index (χ4n) is 2.08. The summed E-state index contributed by atoms with van der Waals surface area (Å²) in [5, 5.41) is 2.25. The number of hydrogen-bond acceptors (Lipinski definition) is 4. The van der Waals surface area contributed by atoms with E-state index in [4.69, 9.17) is 0 Å². The highest BCUT2D eigenvalue weighted by molar-refractivity contribution is 6.07. The number of carbonyl (C=O) groups excluding carboxylic acids is 3. The molecule has 0 aromatic carbocycles. The highest BCUT2D eigenvalue weighted by Crippen LogP contribution is 2.22. The smallest absolute Gasteiger partial charge is 0.305 e. The summed E-state index contributed by atoms with van der Waals surface area (Å²) >= 11 is 0. The highest BCUT2D eigenvalue weighted by atomic mass is 16.2. The number of fused-ring (bicyclic) bond motifs is 1. The molecule has 2 aromatic heterocycles. The lowest BCUT2D eigenvalue weighted by Gasteiger charge is -2.26. The number of urea groups is 1. The van der Waals surface area contributed by atoms with Gasteiger partial charge in [-0.1, -0.05) is 0 Å². The maximum absolute atomic E-state index is 11.8. The molecule has 7 nitrogen and oxygen atoms in total. The first kappa shape index (κ1) is 11.4. The molecule has 0 unspecified atom stereocenters. The maximum atomic E-state index is 11.8. The standard InChI is InChI=1S/C12H10N4O3/c17-7-8-6-15-4-1-2-9(11(15)13-8)16-5-3-10(18)14-12(16)19/h1-2,4,6-7H,3,5H2,(H,14,18,19). The van der Waals surface area contributed by atoms with Gasteiger partial charge in [0.1, 0.15) is 5.69 Å². The molecule has 1 aliphatic heterocycles. The van der Waals surface area contributed by atoms with Gasteiger partial charge >= 0.3 is 6.03 Å². The first-order valence-electron chi connectivity index (χ1n) is 5.73. The molecule has 0 radical (unpaired) electrons. The SMILES string of the molecule is O=Cc1cn2cccc(N3CCC(=O)NC3=O)c2n1. The number of nitrogens with zero attached hydrogens (tertiary/aromatic N) is 3. The first-order valence-corrected chi connectivity index (χ1v) is 5.73. The van der Waals surface area contributed by atoms with Crippen molar-refractivity contribution in [2.45, 2.75) is 6.42 Å². The van der Waals surface area contributed by atoms with Crippen LogP contribution < -0.4 is 10.2 Å². The Labute approximate surface area is 107 Å². The highest BCUT2D eigenvalue weighted by Gasteiger charge is 2.26. The van der Waals surface area contributed by atoms with Crippen molar-refractivity contribution in [1.82, 2.24) is 14.7 Å². The van der Waals surface area contributed by atoms with Crippen molar-refractivity contribution in [3.8, 4) is 0 Å². The number of hydrogen-bond donors (Lipinski definition) is 1. The number of nitrogens with one attached hydrogen (secondary N) is 1. The average molecular weight is 258 g/mol. The number of amides is 3. The van der Waals surface area contributed by atoms with E-state index in [2.05, 4.69) is 10.3 Å². The van der Waals surface area contributed by atoms with E-state index in [9.17, 15) is 14.4 Å². The molecule has 3 heterocycles. The van der Waals surface area contributed by atoms with Gasteiger partial charge in [0.15, 0.2) is 11.9 Å². The Morgan fingerprint density at radius 2 is 2.21 bits per heavy atom. The molecule has 3 rings (SSSR count). The molecule has 7 heteroatoms. The van der Waals surface area contributed by atoms with Crippen LogP contribution in [0.1, 0.15) is 16.9 Å². The van der Waals surface area contributed by atoms with Crippen LogP contribution in [0.4, 0.5) is 10.5 Å². The molecule has 1 aliphatic rings. The number of rotatable bonds is 2. The van der Waals surface area contributed by atoms with Gasteiger partial charge in [-0.3, -0.25) is 19.8 Å². The molecule has 96 valence electrons. The minimum absolute atomic E-state index is 0.244. The molecule has 2 aromatic rings. The van der Waals surface area contributed by atoms with Crippen molar-refractivity contribution in [2.24, 2.45) is 0 Å². The molecule has 1 saturated heterocycles. The van der Waals surface area contributed by atoms with Crippen molar-refractivity contribution in [1.29, 1.82) is 0 Å². The summed E-state index contributed by atoms with van der Waals surface area (Å²) in [5.74, 6) is -0.287. The third-order valence-corrected chi connectivity index (χ3v) is 2.95. The molecular weight excluding hydrogens is 248 g/mol. The number of pyridine rings is 1. The Bertz CT molecular complexity index is 691. The Morgan fingerprint density at radius 1 is 1.37 bits per heavy atom. The average Bonchev–Trinajstić information content (AvgIpc) is 2.82. The quantitative estimate of drug-likeness (QED) is 0.799. The van der Waals surface area contributed by atoms with Crippen molar-refractivity contribution in [3.63, 3.8) is 0 Å². The van der Waals surface area contributed by atoms with E-state index in [0.29, 0.717) is 29.9 Å². The molecule has 1 N–H and O–H groups in total. The number of anilines is 1. The maximum Gasteiger partial charge on any atom is 0.328 e. The minimum atomic E-state index is -0.472. The lowest BCUT2D eigenvalue weighted by Crippen LogP contribution is -2.49. The van der Waals surface area contributed by atoms with E-state index in [1.165, 1.54) is 4.90 Å². The summed E-state index contributed by atoms with van der Waals surface area (Å²) in [6, 6.07) is 3.01. The lowest BCUT2D eigenvalue weighted by molar-refractivity contribution is -0.120. The van der Waals surface area contributed by atoms with Gasteiger partial charge in [0.05, 0.1) is 5.69 Å². The van der Waals surface area contributed by atoms with Crippen molar-refractivity contribution < 1.29 is 14.4 Å². The van der Waals surface area contributed by atoms with Crippen LogP contribution in [-0.2, 0) is 4.79 Å². The first-order chi connectivity index (χ1) is 9.19. The molecule has 3 amide bonds. The van der Waals surface area contributed by atoms with Gasteiger partial charge in [-0.15, -0.1) is 0 Å². The van der Waals surface area contributed by atoms with Gasteiger partial charge in [-0.25, -0.2) is 9.78 Å². The van der Waals surface area contributed by atoms with Crippen LogP contribution in [0.15, 0.2) is 24.5 Å². The second kappa shape index (κ2) is 4.20. The van der Waals surface area contributed by atoms with Gasteiger partial charge in [0.2, 0.25) is 5.91 Å². The monoisotopic (exact) mass is 258 g/mol.